The highest BCUT2D eigenvalue weighted by Crippen LogP contribution is 2.19. The molecule has 0 saturated heterocycles. The molecule has 0 radical (unpaired) electrons. The Morgan fingerprint density at radius 3 is 2.40 bits per heavy atom. The number of nitrogens with zero attached hydrogens (tertiary/aromatic N) is 2. The lowest BCUT2D eigenvalue weighted by Gasteiger charge is -2.04. The zero-order valence-corrected chi connectivity index (χ0v) is 17.6. The van der Waals surface area contributed by atoms with Crippen molar-refractivity contribution < 1.29 is 12.8 Å². The zero-order chi connectivity index (χ0) is 21.9. The first-order valence-electron chi connectivity index (χ1n) is 8.82. The van der Waals surface area contributed by atoms with Crippen molar-refractivity contribution in [1.82, 2.24) is 4.57 Å². The van der Waals surface area contributed by atoms with Gasteiger partial charge in [-0.1, -0.05) is 35.9 Å². The minimum Gasteiger partial charge on any atom is -0.293 e. The molecule has 5 nitrogen and oxygen atoms in total. The van der Waals surface area contributed by atoms with Gasteiger partial charge < -0.3 is 0 Å². The van der Waals surface area contributed by atoms with Crippen LogP contribution in [0.25, 0.3) is 11.0 Å². The van der Waals surface area contributed by atoms with Crippen molar-refractivity contribution in [1.29, 1.82) is 5.26 Å². The first-order valence-corrected chi connectivity index (χ1v) is 11.1. The Kier molecular flexibility index (Phi) is 6.15. The quantitative estimate of drug-likeness (QED) is 0.571. The lowest BCUT2D eigenvalue weighted by atomic mass is 10.2. The molecule has 30 heavy (non-hydrogen) atoms. The van der Waals surface area contributed by atoms with Gasteiger partial charge in [0.15, 0.2) is 4.91 Å². The molecule has 2 aromatic carbocycles. The van der Waals surface area contributed by atoms with E-state index in [1.165, 1.54) is 53.1 Å². The Labute approximate surface area is 176 Å². The van der Waals surface area contributed by atoms with Crippen LogP contribution in [0.4, 0.5) is 4.39 Å². The van der Waals surface area contributed by atoms with Gasteiger partial charge in [-0.25, -0.2) is 12.8 Å². The standard InChI is InChI=1S/C22H17FN2O3S2/c1-3-12-25-21(26)19(13-16-6-8-17(23)9-7-16)29-22(25)20(14-24)30(27,28)18-10-4-15(2)5-11-18/h3-11,13H,1,12H2,2H3. The van der Waals surface area contributed by atoms with Crippen molar-refractivity contribution in [3.8, 4) is 6.07 Å². The Hall–Kier alpha value is -3.28. The summed E-state index contributed by atoms with van der Waals surface area (Å²) in [6.07, 6.45) is 2.98. The van der Waals surface area contributed by atoms with Crippen molar-refractivity contribution in [2.45, 2.75) is 18.4 Å². The first-order chi connectivity index (χ1) is 14.3. The van der Waals surface area contributed by atoms with Crippen LogP contribution in [-0.2, 0) is 16.4 Å². The number of benzene rings is 2. The van der Waals surface area contributed by atoms with E-state index < -0.39 is 26.1 Å². The second-order valence-corrected chi connectivity index (χ2v) is 9.35. The number of hydrogen-bond donors (Lipinski definition) is 0. The second kappa shape index (κ2) is 8.61. The SMILES string of the molecule is C=CCn1c(=C(C#N)S(=O)(=O)c2ccc(C)cc2)sc(=Cc2ccc(F)cc2)c1=O. The van der Waals surface area contributed by atoms with E-state index in [1.807, 2.05) is 6.92 Å². The van der Waals surface area contributed by atoms with E-state index in [-0.39, 0.29) is 20.6 Å². The largest absolute Gasteiger partial charge is 0.293 e. The van der Waals surface area contributed by atoms with Gasteiger partial charge in [0.1, 0.15) is 16.5 Å². The third kappa shape index (κ3) is 4.17. The molecular formula is C22H17FN2O3S2. The highest BCUT2D eigenvalue weighted by Gasteiger charge is 2.24. The summed E-state index contributed by atoms with van der Waals surface area (Å²) in [6.45, 7) is 5.47. The van der Waals surface area contributed by atoms with Crippen LogP contribution in [0.1, 0.15) is 11.1 Å². The van der Waals surface area contributed by atoms with Crippen LogP contribution in [0.2, 0.25) is 0 Å². The van der Waals surface area contributed by atoms with Gasteiger partial charge in [-0.05, 0) is 42.8 Å². The number of hydrogen-bond acceptors (Lipinski definition) is 5. The summed E-state index contributed by atoms with van der Waals surface area (Å²) in [5.41, 5.74) is 1.00. The van der Waals surface area contributed by atoms with Gasteiger partial charge in [0.2, 0.25) is 9.84 Å². The fourth-order valence-electron chi connectivity index (χ4n) is 2.75. The smallest absolute Gasteiger partial charge is 0.269 e. The molecule has 0 aliphatic rings. The predicted molar refractivity (Wildman–Crippen MR) is 115 cm³/mol. The molecule has 0 atom stereocenters. The normalized spacial score (nSPS) is 13.0. The van der Waals surface area contributed by atoms with E-state index in [2.05, 4.69) is 6.58 Å². The van der Waals surface area contributed by atoms with Crippen LogP contribution in [0.5, 0.6) is 0 Å². The first kappa shape index (κ1) is 21.4. The Morgan fingerprint density at radius 1 is 1.20 bits per heavy atom. The number of aromatic nitrogens is 1. The molecule has 152 valence electrons. The summed E-state index contributed by atoms with van der Waals surface area (Å²) in [7, 11) is -4.14. The lowest BCUT2D eigenvalue weighted by Crippen LogP contribution is -2.32. The highest BCUT2D eigenvalue weighted by atomic mass is 32.2. The third-order valence-electron chi connectivity index (χ3n) is 4.28. The molecule has 3 aromatic rings. The summed E-state index contributed by atoms with van der Waals surface area (Å²) in [4.78, 5) is 12.3. The van der Waals surface area contributed by atoms with Crippen molar-refractivity contribution in [2.24, 2.45) is 0 Å². The molecular weight excluding hydrogens is 423 g/mol. The molecule has 0 fully saturated rings. The fourth-order valence-corrected chi connectivity index (χ4v) is 5.40. The Morgan fingerprint density at radius 2 is 1.83 bits per heavy atom. The van der Waals surface area contributed by atoms with Crippen LogP contribution in [0, 0.1) is 24.1 Å². The molecule has 0 aliphatic heterocycles. The molecule has 0 N–H and O–H groups in total. The third-order valence-corrected chi connectivity index (χ3v) is 7.26. The minimum atomic E-state index is -4.14. The topological polar surface area (TPSA) is 79.9 Å². The maximum atomic E-state index is 13.1. The molecule has 3 rings (SSSR count). The van der Waals surface area contributed by atoms with Crippen LogP contribution < -0.4 is 14.8 Å². The van der Waals surface area contributed by atoms with Crippen LogP contribution >= 0.6 is 11.3 Å². The molecule has 0 unspecified atom stereocenters. The number of halogens is 1. The lowest BCUT2D eigenvalue weighted by molar-refractivity contribution is 0.605. The van der Waals surface area contributed by atoms with Gasteiger partial charge in [-0.3, -0.25) is 9.36 Å². The summed E-state index contributed by atoms with van der Waals surface area (Å²) in [6, 6.07) is 13.4. The summed E-state index contributed by atoms with van der Waals surface area (Å²) >= 11 is 0.897. The average molecular weight is 441 g/mol. The van der Waals surface area contributed by atoms with Gasteiger partial charge in [-0.2, -0.15) is 5.26 Å². The van der Waals surface area contributed by atoms with Crippen LogP contribution in [0.15, 0.2) is 70.9 Å². The van der Waals surface area contributed by atoms with E-state index in [9.17, 15) is 22.9 Å². The van der Waals surface area contributed by atoms with Gasteiger partial charge in [0.25, 0.3) is 5.56 Å². The fraction of sp³-hybridized carbons (Fsp3) is 0.0909. The number of aryl methyl sites for hydroxylation is 1. The minimum absolute atomic E-state index is 0.0244. The van der Waals surface area contributed by atoms with E-state index in [1.54, 1.807) is 18.2 Å². The predicted octanol–water partition coefficient (Wildman–Crippen LogP) is 2.48. The van der Waals surface area contributed by atoms with Crippen molar-refractivity contribution >= 4 is 32.2 Å². The number of sulfone groups is 1. The van der Waals surface area contributed by atoms with E-state index >= 15 is 0 Å². The summed E-state index contributed by atoms with van der Waals surface area (Å²) in [5, 5.41) is 9.69. The zero-order valence-electron chi connectivity index (χ0n) is 16.0. The molecule has 0 saturated carbocycles. The molecule has 0 spiro atoms. The average Bonchev–Trinajstić information content (AvgIpc) is 3.00. The van der Waals surface area contributed by atoms with E-state index in [4.69, 9.17) is 0 Å². The molecule has 0 bridgehead atoms. The molecule has 8 heteroatoms. The number of rotatable bonds is 5. The maximum Gasteiger partial charge on any atom is 0.269 e. The van der Waals surface area contributed by atoms with Crippen molar-refractivity contribution in [3.05, 3.63) is 97.7 Å². The van der Waals surface area contributed by atoms with Gasteiger partial charge in [-0.15, -0.1) is 17.9 Å². The van der Waals surface area contributed by atoms with Gasteiger partial charge >= 0.3 is 0 Å². The van der Waals surface area contributed by atoms with Gasteiger partial charge in [0, 0.05) is 6.54 Å². The molecule has 0 amide bonds. The van der Waals surface area contributed by atoms with Crippen molar-refractivity contribution in [3.63, 3.8) is 0 Å². The van der Waals surface area contributed by atoms with Crippen LogP contribution in [-0.4, -0.2) is 13.0 Å². The van der Waals surface area contributed by atoms with Crippen LogP contribution in [0.3, 0.4) is 0 Å². The van der Waals surface area contributed by atoms with E-state index in [0.29, 0.717) is 5.56 Å². The molecule has 1 heterocycles. The number of allylic oxidation sites excluding steroid dienone is 1. The monoisotopic (exact) mass is 440 g/mol. The van der Waals surface area contributed by atoms with Crippen molar-refractivity contribution in [2.75, 3.05) is 0 Å². The second-order valence-electron chi connectivity index (χ2n) is 6.43. The molecule has 0 aliphatic carbocycles. The molecule has 1 aromatic heterocycles. The van der Waals surface area contributed by atoms with E-state index in [0.717, 1.165) is 16.9 Å². The highest BCUT2D eigenvalue weighted by molar-refractivity contribution is 8.00. The Bertz CT molecular complexity index is 1420. The number of thiazole rings is 1. The maximum absolute atomic E-state index is 13.1. The van der Waals surface area contributed by atoms with Gasteiger partial charge in [0.05, 0.1) is 9.43 Å². The Balaban J connectivity index is 2.34. The summed E-state index contributed by atoms with van der Waals surface area (Å²) < 4.78 is 40.8. The summed E-state index contributed by atoms with van der Waals surface area (Å²) in [5.74, 6) is -0.410. The number of nitriles is 1.